The smallest absolute Gasteiger partial charge is 0.416 e. The highest BCUT2D eigenvalue weighted by Gasteiger charge is 2.31. The third-order valence-electron chi connectivity index (χ3n) is 5.67. The summed E-state index contributed by atoms with van der Waals surface area (Å²) < 4.78 is 58.0. The van der Waals surface area contributed by atoms with Crippen LogP contribution >= 0.6 is 27.5 Å². The topological polar surface area (TPSA) is 92.0 Å². The molecule has 0 saturated heterocycles. The van der Waals surface area contributed by atoms with Gasteiger partial charge in [0.05, 0.1) is 35.4 Å². The Bertz CT molecular complexity index is 1720. The molecule has 0 radical (unpaired) electrons. The second-order valence-corrected chi connectivity index (χ2v) is 10.2. The van der Waals surface area contributed by atoms with Crippen molar-refractivity contribution in [2.45, 2.75) is 33.1 Å². The lowest BCUT2D eigenvalue weighted by Gasteiger charge is -2.16. The Labute approximate surface area is 251 Å². The number of alkyl halides is 3. The van der Waals surface area contributed by atoms with Crippen LogP contribution in [0.4, 0.5) is 13.2 Å². The molecule has 0 fully saturated rings. The number of nitrogens with zero attached hydrogens (tertiary/aromatic N) is 3. The molecule has 3 aromatic carbocycles. The molecule has 42 heavy (non-hydrogen) atoms. The molecule has 0 aliphatic carbocycles. The van der Waals surface area contributed by atoms with Crippen molar-refractivity contribution >= 4 is 50.6 Å². The zero-order chi connectivity index (χ0) is 30.6. The van der Waals surface area contributed by atoms with E-state index in [4.69, 9.17) is 25.8 Å². The highest BCUT2D eigenvalue weighted by atomic mass is 79.9. The lowest BCUT2D eigenvalue weighted by molar-refractivity contribution is -0.149. The molecule has 0 aliphatic rings. The fourth-order valence-corrected chi connectivity index (χ4v) is 4.55. The Morgan fingerprint density at radius 1 is 1.14 bits per heavy atom. The molecule has 4 aromatic rings. The number of carbonyl (C=O) groups excluding carboxylic acids is 1. The van der Waals surface area contributed by atoms with Crippen LogP contribution < -0.4 is 15.0 Å². The van der Waals surface area contributed by atoms with Gasteiger partial charge in [-0.1, -0.05) is 35.9 Å². The van der Waals surface area contributed by atoms with Crippen LogP contribution in [0.15, 0.2) is 69.0 Å². The van der Waals surface area contributed by atoms with Gasteiger partial charge < -0.3 is 14.2 Å². The van der Waals surface area contributed by atoms with E-state index in [1.54, 1.807) is 45.0 Å². The minimum atomic E-state index is -4.60. The molecule has 4 rings (SSSR count). The van der Waals surface area contributed by atoms with E-state index in [-0.39, 0.29) is 46.0 Å². The molecule has 0 aliphatic heterocycles. The summed E-state index contributed by atoms with van der Waals surface area (Å²) in [5.41, 5.74) is -0.826. The summed E-state index contributed by atoms with van der Waals surface area (Å²) in [6, 6.07) is 12.4. The molecule has 0 saturated carbocycles. The van der Waals surface area contributed by atoms with Crippen LogP contribution in [0.2, 0.25) is 5.02 Å². The van der Waals surface area contributed by atoms with E-state index in [0.717, 1.165) is 16.8 Å². The van der Waals surface area contributed by atoms with Gasteiger partial charge in [0.2, 0.25) is 0 Å². The van der Waals surface area contributed by atoms with Crippen molar-refractivity contribution in [3.05, 3.63) is 85.6 Å². The minimum Gasteiger partial charge on any atom is -0.490 e. The normalized spacial score (nSPS) is 11.8. The lowest BCUT2D eigenvalue weighted by atomic mass is 10.1. The van der Waals surface area contributed by atoms with Gasteiger partial charge in [-0.2, -0.15) is 22.9 Å². The first-order chi connectivity index (χ1) is 19.9. The summed E-state index contributed by atoms with van der Waals surface area (Å²) in [6.07, 6.45) is -3.65. The number of benzene rings is 3. The van der Waals surface area contributed by atoms with Gasteiger partial charge in [-0.05, 0) is 67.0 Å². The maximum absolute atomic E-state index is 13.5. The first-order valence-electron chi connectivity index (χ1n) is 12.6. The monoisotopic (exact) mass is 665 g/mol. The molecule has 1 heterocycles. The highest BCUT2D eigenvalue weighted by Crippen LogP contribution is 2.42. The molecular weight excluding hydrogens is 643 g/mol. The fraction of sp³-hybridized carbons (Fsp3) is 0.241. The van der Waals surface area contributed by atoms with E-state index in [1.807, 2.05) is 0 Å². The minimum absolute atomic E-state index is 0.0361. The predicted molar refractivity (Wildman–Crippen MR) is 156 cm³/mol. The maximum atomic E-state index is 13.5. The van der Waals surface area contributed by atoms with Crippen LogP contribution in [-0.2, 0) is 15.7 Å². The number of esters is 1. The van der Waals surface area contributed by atoms with Crippen molar-refractivity contribution in [1.82, 2.24) is 9.66 Å². The molecule has 0 atom stereocenters. The quantitative estimate of drug-likeness (QED) is 0.140. The fourth-order valence-electron chi connectivity index (χ4n) is 3.90. The summed E-state index contributed by atoms with van der Waals surface area (Å²) in [5, 5.41) is 4.58. The number of halogens is 5. The van der Waals surface area contributed by atoms with Gasteiger partial charge in [0.1, 0.15) is 5.02 Å². The molecule has 1 aromatic heterocycles. The van der Waals surface area contributed by atoms with E-state index in [9.17, 15) is 22.8 Å². The maximum Gasteiger partial charge on any atom is 0.416 e. The summed E-state index contributed by atoms with van der Waals surface area (Å²) in [7, 11) is 0. The number of ether oxygens (including phenoxy) is 3. The zero-order valence-corrected chi connectivity index (χ0v) is 24.9. The summed E-state index contributed by atoms with van der Waals surface area (Å²) in [4.78, 5) is 30.0. The van der Waals surface area contributed by atoms with Gasteiger partial charge in [0.25, 0.3) is 5.56 Å². The van der Waals surface area contributed by atoms with Gasteiger partial charge in [0, 0.05) is 15.6 Å². The highest BCUT2D eigenvalue weighted by molar-refractivity contribution is 9.10. The van der Waals surface area contributed by atoms with Crippen molar-refractivity contribution in [3.63, 3.8) is 0 Å². The van der Waals surface area contributed by atoms with Crippen molar-refractivity contribution in [3.8, 4) is 22.9 Å². The number of carbonyl (C=O) groups is 1. The van der Waals surface area contributed by atoms with Crippen molar-refractivity contribution in [2.24, 2.45) is 5.10 Å². The van der Waals surface area contributed by atoms with Crippen LogP contribution in [0, 0.1) is 0 Å². The van der Waals surface area contributed by atoms with Crippen LogP contribution in [-0.4, -0.2) is 41.2 Å². The molecule has 0 spiro atoms. The van der Waals surface area contributed by atoms with Crippen molar-refractivity contribution < 1.29 is 32.2 Å². The van der Waals surface area contributed by atoms with E-state index in [0.29, 0.717) is 15.6 Å². The van der Waals surface area contributed by atoms with Crippen LogP contribution in [0.25, 0.3) is 22.3 Å². The molecule has 0 N–H and O–H groups in total. The Morgan fingerprint density at radius 2 is 1.88 bits per heavy atom. The largest absolute Gasteiger partial charge is 0.490 e. The van der Waals surface area contributed by atoms with E-state index in [1.165, 1.54) is 24.4 Å². The number of fused-ring (bicyclic) bond motifs is 1. The summed E-state index contributed by atoms with van der Waals surface area (Å²) in [5.74, 6) is -0.434. The Morgan fingerprint density at radius 3 is 2.57 bits per heavy atom. The number of hydrogen-bond acceptors (Lipinski definition) is 7. The third-order valence-corrected chi connectivity index (χ3v) is 7.11. The molecule has 0 amide bonds. The summed E-state index contributed by atoms with van der Waals surface area (Å²) in [6.45, 7) is 4.96. The van der Waals surface area contributed by atoms with Crippen LogP contribution in [0.1, 0.15) is 31.9 Å². The molecule has 0 bridgehead atoms. The van der Waals surface area contributed by atoms with Crippen LogP contribution in [0.3, 0.4) is 0 Å². The second kappa shape index (κ2) is 13.0. The van der Waals surface area contributed by atoms with Gasteiger partial charge in [-0.15, -0.1) is 0 Å². The Kier molecular flexibility index (Phi) is 9.57. The summed E-state index contributed by atoms with van der Waals surface area (Å²) >= 11 is 9.94. The first-order valence-corrected chi connectivity index (χ1v) is 13.8. The number of aromatic nitrogens is 2. The zero-order valence-electron chi connectivity index (χ0n) is 22.5. The molecular formula is C29H24BrClF3N3O5. The predicted octanol–water partition coefficient (Wildman–Crippen LogP) is 7.11. The van der Waals surface area contributed by atoms with Gasteiger partial charge >= 0.3 is 12.1 Å². The molecule has 8 nitrogen and oxygen atoms in total. The SMILES string of the molecule is CCOc1cc(C=Nn2c(-c3cccc(C(F)(F)F)c3)nc3ccccc3c2=O)c(Br)c(Cl)c1OCC(=O)OC(C)C. The number of para-hydroxylation sites is 1. The van der Waals surface area contributed by atoms with E-state index >= 15 is 0 Å². The Balaban J connectivity index is 1.82. The molecule has 220 valence electrons. The van der Waals surface area contributed by atoms with Gasteiger partial charge in [-0.25, -0.2) is 9.78 Å². The van der Waals surface area contributed by atoms with Crippen molar-refractivity contribution in [2.75, 3.05) is 13.2 Å². The molecule has 0 unspecified atom stereocenters. The number of hydrogen-bond donors (Lipinski definition) is 0. The average molecular weight is 667 g/mol. The van der Waals surface area contributed by atoms with E-state index < -0.39 is 29.9 Å². The van der Waals surface area contributed by atoms with Crippen molar-refractivity contribution in [1.29, 1.82) is 0 Å². The second-order valence-electron chi connectivity index (χ2n) is 9.07. The Hall–Kier alpha value is -3.90. The van der Waals surface area contributed by atoms with Crippen LogP contribution in [0.5, 0.6) is 11.5 Å². The average Bonchev–Trinajstić information content (AvgIpc) is 2.94. The standard InChI is InChI=1S/C29H24BrClF3N3O5/c1-4-40-22-13-18(24(30)25(31)26(22)41-15-23(38)42-16(2)3)14-35-37-27(17-8-7-9-19(12-17)29(32,33)34)36-21-11-6-5-10-20(21)28(37)39/h5-14,16H,4,15H2,1-3H3. The van der Waals surface area contributed by atoms with Gasteiger partial charge in [-0.3, -0.25) is 4.79 Å². The number of rotatable bonds is 9. The lowest BCUT2D eigenvalue weighted by Crippen LogP contribution is -2.20. The van der Waals surface area contributed by atoms with Gasteiger partial charge in [0.15, 0.2) is 23.9 Å². The van der Waals surface area contributed by atoms with E-state index in [2.05, 4.69) is 26.0 Å². The first kappa shape index (κ1) is 31.0. The third kappa shape index (κ3) is 6.93. The molecule has 13 heteroatoms.